The lowest BCUT2D eigenvalue weighted by atomic mass is 9.94. The van der Waals surface area contributed by atoms with Gasteiger partial charge in [0.15, 0.2) is 0 Å². The van der Waals surface area contributed by atoms with Crippen LogP contribution < -0.4 is 10.9 Å². The molecule has 1 aliphatic carbocycles. The Balaban J connectivity index is 1.57. The Hall–Kier alpha value is -1.95. The summed E-state index contributed by atoms with van der Waals surface area (Å²) in [6, 6.07) is 1.90. The zero-order chi connectivity index (χ0) is 16.5. The smallest absolute Gasteiger partial charge is 0.259 e. The number of aromatic amines is 1. The summed E-state index contributed by atoms with van der Waals surface area (Å²) in [4.78, 5) is 19.8. The molecule has 0 amide bonds. The molecule has 4 rings (SSSR count). The first-order chi connectivity index (χ1) is 11.7. The van der Waals surface area contributed by atoms with Gasteiger partial charge in [0.2, 0.25) is 11.7 Å². The number of fused-ring (bicyclic) bond motifs is 1. The lowest BCUT2D eigenvalue weighted by Crippen LogP contribution is -2.27. The van der Waals surface area contributed by atoms with E-state index in [4.69, 9.17) is 4.52 Å². The molecule has 3 heterocycles. The van der Waals surface area contributed by atoms with E-state index in [0.717, 1.165) is 43.1 Å². The highest BCUT2D eigenvalue weighted by Gasteiger charge is 2.23. The van der Waals surface area contributed by atoms with Gasteiger partial charge in [-0.15, -0.1) is 0 Å². The fourth-order valence-electron chi connectivity index (χ4n) is 3.99. The average molecular weight is 328 g/mol. The first kappa shape index (κ1) is 15.6. The van der Waals surface area contributed by atoms with Crippen LogP contribution in [0.5, 0.6) is 0 Å². The molecule has 2 aromatic rings. The molecular weight excluding hydrogens is 304 g/mol. The molecule has 1 atom stereocenters. The van der Waals surface area contributed by atoms with Crippen LogP contribution in [0.1, 0.15) is 62.1 Å². The van der Waals surface area contributed by atoms with Crippen LogP contribution >= 0.6 is 0 Å². The van der Waals surface area contributed by atoms with E-state index in [-0.39, 0.29) is 11.5 Å². The van der Waals surface area contributed by atoms with Crippen LogP contribution in [0.3, 0.4) is 0 Å². The van der Waals surface area contributed by atoms with Crippen LogP contribution in [0.4, 0.5) is 0 Å². The fraction of sp³-hybridized carbons (Fsp3) is 0.611. The first-order valence-electron chi connectivity index (χ1n) is 9.00. The Morgan fingerprint density at radius 1 is 1.38 bits per heavy atom. The molecule has 2 aromatic heterocycles. The zero-order valence-corrected chi connectivity index (χ0v) is 14.1. The number of nitrogens with one attached hydrogen (secondary N) is 2. The summed E-state index contributed by atoms with van der Waals surface area (Å²) in [5.74, 6) is 2.06. The number of pyridine rings is 1. The van der Waals surface area contributed by atoms with E-state index in [2.05, 4.69) is 27.4 Å². The van der Waals surface area contributed by atoms with Gasteiger partial charge in [0.05, 0.1) is 5.56 Å². The van der Waals surface area contributed by atoms with Gasteiger partial charge in [-0.05, 0) is 24.0 Å². The third-order valence-corrected chi connectivity index (χ3v) is 5.35. The van der Waals surface area contributed by atoms with Crippen molar-refractivity contribution in [3.8, 4) is 11.4 Å². The highest BCUT2D eigenvalue weighted by atomic mass is 16.5. The monoisotopic (exact) mass is 328 g/mol. The Labute approximate surface area is 141 Å². The molecule has 0 radical (unpaired) electrons. The molecule has 0 bridgehead atoms. The first-order valence-corrected chi connectivity index (χ1v) is 9.00. The number of hydrogen-bond donors (Lipinski definition) is 2. The van der Waals surface area contributed by atoms with Crippen molar-refractivity contribution in [2.24, 2.45) is 5.92 Å². The maximum atomic E-state index is 12.4. The molecule has 1 aliphatic heterocycles. The highest BCUT2D eigenvalue weighted by Crippen LogP contribution is 2.33. The second kappa shape index (κ2) is 6.51. The second-order valence-electron chi connectivity index (χ2n) is 7.19. The summed E-state index contributed by atoms with van der Waals surface area (Å²) >= 11 is 0. The molecule has 0 saturated heterocycles. The van der Waals surface area contributed by atoms with Crippen molar-refractivity contribution in [2.45, 2.75) is 57.9 Å². The number of hydrogen-bond acceptors (Lipinski definition) is 5. The average Bonchev–Trinajstić information content (AvgIpc) is 3.25. The maximum absolute atomic E-state index is 12.4. The van der Waals surface area contributed by atoms with Crippen molar-refractivity contribution in [3.05, 3.63) is 33.6 Å². The number of rotatable bonds is 4. The van der Waals surface area contributed by atoms with E-state index in [0.29, 0.717) is 17.3 Å². The summed E-state index contributed by atoms with van der Waals surface area (Å²) in [7, 11) is 0. The van der Waals surface area contributed by atoms with Gasteiger partial charge in [0.1, 0.15) is 0 Å². The molecular formula is C18H24N4O2. The third-order valence-electron chi connectivity index (χ3n) is 5.35. The Kier molecular flexibility index (Phi) is 4.22. The maximum Gasteiger partial charge on any atom is 0.259 e. The molecule has 24 heavy (non-hydrogen) atoms. The largest absolute Gasteiger partial charge is 0.339 e. The zero-order valence-electron chi connectivity index (χ0n) is 14.1. The normalized spacial score (nSPS) is 19.4. The quantitative estimate of drug-likeness (QED) is 0.901. The van der Waals surface area contributed by atoms with Crippen molar-refractivity contribution in [1.82, 2.24) is 20.4 Å². The molecule has 6 nitrogen and oxygen atoms in total. The SMILES string of the molecule is CC(CC1CCCC1)c1nc(-c2cc3c([nH]c2=O)CCNC3)no1. The van der Waals surface area contributed by atoms with Crippen molar-refractivity contribution in [3.63, 3.8) is 0 Å². The summed E-state index contributed by atoms with van der Waals surface area (Å²) in [5.41, 5.74) is 2.49. The molecule has 1 fully saturated rings. The van der Waals surface area contributed by atoms with Crippen molar-refractivity contribution < 1.29 is 4.52 Å². The molecule has 2 aliphatic rings. The van der Waals surface area contributed by atoms with Gasteiger partial charge in [-0.3, -0.25) is 4.79 Å². The van der Waals surface area contributed by atoms with Crippen molar-refractivity contribution in [2.75, 3.05) is 6.54 Å². The van der Waals surface area contributed by atoms with Gasteiger partial charge in [-0.25, -0.2) is 0 Å². The Bertz CT molecular complexity index is 774. The van der Waals surface area contributed by atoms with Gasteiger partial charge >= 0.3 is 0 Å². The topological polar surface area (TPSA) is 83.8 Å². The van der Waals surface area contributed by atoms with Crippen molar-refractivity contribution >= 4 is 0 Å². The minimum absolute atomic E-state index is 0.133. The molecule has 1 saturated carbocycles. The van der Waals surface area contributed by atoms with Crippen LogP contribution in [-0.2, 0) is 13.0 Å². The molecule has 1 unspecified atom stereocenters. The second-order valence-corrected chi connectivity index (χ2v) is 7.19. The number of H-pyrrole nitrogens is 1. The highest BCUT2D eigenvalue weighted by molar-refractivity contribution is 5.54. The number of aromatic nitrogens is 3. The minimum atomic E-state index is -0.133. The summed E-state index contributed by atoms with van der Waals surface area (Å²) < 4.78 is 5.46. The molecule has 6 heteroatoms. The third kappa shape index (κ3) is 3.02. The predicted octanol–water partition coefficient (Wildman–Crippen LogP) is 2.75. The van der Waals surface area contributed by atoms with E-state index in [9.17, 15) is 4.79 Å². The van der Waals surface area contributed by atoms with Crippen LogP contribution in [0.15, 0.2) is 15.4 Å². The van der Waals surface area contributed by atoms with Crippen LogP contribution in [0, 0.1) is 5.92 Å². The number of nitrogens with zero attached hydrogens (tertiary/aromatic N) is 2. The van der Waals surface area contributed by atoms with Crippen LogP contribution in [-0.4, -0.2) is 21.7 Å². The van der Waals surface area contributed by atoms with E-state index in [1.807, 2.05) is 6.07 Å². The van der Waals surface area contributed by atoms with Gasteiger partial charge in [0, 0.05) is 31.1 Å². The lowest BCUT2D eigenvalue weighted by molar-refractivity contribution is 0.333. The molecule has 128 valence electrons. The van der Waals surface area contributed by atoms with Gasteiger partial charge < -0.3 is 14.8 Å². The summed E-state index contributed by atoms with van der Waals surface area (Å²) in [5, 5.41) is 7.38. The van der Waals surface area contributed by atoms with Gasteiger partial charge in [-0.2, -0.15) is 4.98 Å². The standard InChI is InChI=1S/C18H24N4O2/c1-11(8-12-4-2-3-5-12)18-21-16(22-24-18)14-9-13-10-19-7-6-15(13)20-17(14)23/h9,11-12,19H,2-8,10H2,1H3,(H,20,23). The van der Waals surface area contributed by atoms with E-state index in [1.54, 1.807) is 0 Å². The van der Waals surface area contributed by atoms with E-state index in [1.165, 1.54) is 25.7 Å². The summed E-state index contributed by atoms with van der Waals surface area (Å²) in [6.45, 7) is 3.80. The van der Waals surface area contributed by atoms with Gasteiger partial charge in [0.25, 0.3) is 5.56 Å². The Morgan fingerprint density at radius 2 is 2.21 bits per heavy atom. The minimum Gasteiger partial charge on any atom is -0.339 e. The molecule has 0 spiro atoms. The Morgan fingerprint density at radius 3 is 3.04 bits per heavy atom. The summed E-state index contributed by atoms with van der Waals surface area (Å²) in [6.07, 6.45) is 7.23. The lowest BCUT2D eigenvalue weighted by Gasteiger charge is -2.16. The van der Waals surface area contributed by atoms with Crippen molar-refractivity contribution in [1.29, 1.82) is 0 Å². The van der Waals surface area contributed by atoms with Crippen LogP contribution in [0.2, 0.25) is 0 Å². The molecule has 2 N–H and O–H groups in total. The fourth-order valence-corrected chi connectivity index (χ4v) is 3.99. The molecule has 0 aromatic carbocycles. The van der Waals surface area contributed by atoms with E-state index >= 15 is 0 Å². The van der Waals surface area contributed by atoms with E-state index < -0.39 is 0 Å². The van der Waals surface area contributed by atoms with Gasteiger partial charge in [-0.1, -0.05) is 37.8 Å². The predicted molar refractivity (Wildman–Crippen MR) is 90.8 cm³/mol. The van der Waals surface area contributed by atoms with Crippen LogP contribution in [0.25, 0.3) is 11.4 Å².